The van der Waals surface area contributed by atoms with E-state index in [4.69, 9.17) is 0 Å². The predicted octanol–water partition coefficient (Wildman–Crippen LogP) is 3.42. The first-order valence-electron chi connectivity index (χ1n) is 10.3. The Morgan fingerprint density at radius 2 is 1.64 bits per heavy atom. The van der Waals surface area contributed by atoms with Gasteiger partial charge in [0.25, 0.3) is 0 Å². The minimum absolute atomic E-state index is 0.0109. The second-order valence-corrected chi connectivity index (χ2v) is 7.61. The normalized spacial score (nSPS) is 18.1. The van der Waals surface area contributed by atoms with Gasteiger partial charge in [-0.25, -0.2) is 4.79 Å². The fourth-order valence-corrected chi connectivity index (χ4v) is 3.94. The molecular formula is C22H29N5O. The largest absolute Gasteiger partial charge is 0.372 e. The van der Waals surface area contributed by atoms with E-state index in [9.17, 15) is 4.79 Å². The first kappa shape index (κ1) is 18.7. The van der Waals surface area contributed by atoms with Crippen LogP contribution < -0.4 is 10.2 Å². The fourth-order valence-electron chi connectivity index (χ4n) is 3.94. The second kappa shape index (κ2) is 9.06. The molecule has 0 radical (unpaired) electrons. The second-order valence-electron chi connectivity index (χ2n) is 7.61. The lowest BCUT2D eigenvalue weighted by atomic mass is 10.1. The van der Waals surface area contributed by atoms with E-state index in [2.05, 4.69) is 32.2 Å². The van der Waals surface area contributed by atoms with Gasteiger partial charge in [-0.05, 0) is 55.7 Å². The summed E-state index contributed by atoms with van der Waals surface area (Å²) in [6, 6.07) is 14.2. The van der Waals surface area contributed by atoms with Crippen molar-refractivity contribution in [2.24, 2.45) is 0 Å². The third-order valence-corrected chi connectivity index (χ3v) is 5.61. The molecule has 4 rings (SSSR count). The highest BCUT2D eigenvalue weighted by molar-refractivity contribution is 5.89. The molecular weight excluding hydrogens is 350 g/mol. The third kappa shape index (κ3) is 4.81. The van der Waals surface area contributed by atoms with Crippen LogP contribution in [-0.2, 0) is 6.54 Å². The van der Waals surface area contributed by atoms with Gasteiger partial charge in [0.15, 0.2) is 0 Å². The number of nitrogens with one attached hydrogen (secondary N) is 1. The molecule has 1 aromatic heterocycles. The molecule has 2 fully saturated rings. The summed E-state index contributed by atoms with van der Waals surface area (Å²) in [6.07, 6.45) is 5.70. The zero-order chi connectivity index (χ0) is 19.2. The number of urea groups is 1. The van der Waals surface area contributed by atoms with Crippen molar-refractivity contribution < 1.29 is 4.79 Å². The van der Waals surface area contributed by atoms with Gasteiger partial charge in [0.1, 0.15) is 0 Å². The highest BCUT2D eigenvalue weighted by atomic mass is 16.2. The lowest BCUT2D eigenvalue weighted by Gasteiger charge is -2.34. The summed E-state index contributed by atoms with van der Waals surface area (Å²) in [7, 11) is 0. The molecule has 0 atom stereocenters. The van der Waals surface area contributed by atoms with Crippen LogP contribution in [0.1, 0.15) is 25.0 Å². The van der Waals surface area contributed by atoms with Crippen LogP contribution in [-0.4, -0.2) is 60.1 Å². The Hall–Kier alpha value is -2.60. The number of aromatic nitrogens is 1. The van der Waals surface area contributed by atoms with Gasteiger partial charge >= 0.3 is 6.03 Å². The Morgan fingerprint density at radius 3 is 2.32 bits per heavy atom. The summed E-state index contributed by atoms with van der Waals surface area (Å²) in [5, 5.41) is 3.04. The van der Waals surface area contributed by atoms with Crippen molar-refractivity contribution in [3.63, 3.8) is 0 Å². The van der Waals surface area contributed by atoms with Crippen molar-refractivity contribution in [2.75, 3.05) is 49.5 Å². The van der Waals surface area contributed by atoms with Crippen LogP contribution in [0.5, 0.6) is 0 Å². The van der Waals surface area contributed by atoms with E-state index in [0.29, 0.717) is 0 Å². The molecule has 0 bridgehead atoms. The average molecular weight is 380 g/mol. The third-order valence-electron chi connectivity index (χ3n) is 5.61. The standard InChI is InChI=1S/C22H29N5O/c28-22(24-19-7-9-21(10-8-19)26-12-4-1-5-13-26)27-16-14-25(15-17-27)18-20-6-2-3-11-23-20/h2-3,6-11H,1,4-5,12-18H2,(H,24,28). The highest BCUT2D eigenvalue weighted by Crippen LogP contribution is 2.22. The lowest BCUT2D eigenvalue weighted by molar-refractivity contribution is 0.142. The summed E-state index contributed by atoms with van der Waals surface area (Å²) >= 11 is 0. The minimum Gasteiger partial charge on any atom is -0.372 e. The highest BCUT2D eigenvalue weighted by Gasteiger charge is 2.21. The first-order chi connectivity index (χ1) is 13.8. The summed E-state index contributed by atoms with van der Waals surface area (Å²) in [6.45, 7) is 6.34. The number of carbonyl (C=O) groups is 1. The van der Waals surface area contributed by atoms with E-state index >= 15 is 0 Å². The predicted molar refractivity (Wildman–Crippen MR) is 113 cm³/mol. The number of anilines is 2. The van der Waals surface area contributed by atoms with Gasteiger partial charge in [0.05, 0.1) is 5.69 Å². The molecule has 28 heavy (non-hydrogen) atoms. The van der Waals surface area contributed by atoms with Gasteiger partial charge in [-0.2, -0.15) is 0 Å². The number of carbonyl (C=O) groups excluding carboxylic acids is 1. The van der Waals surface area contributed by atoms with Gasteiger partial charge in [-0.3, -0.25) is 9.88 Å². The number of piperidine rings is 1. The molecule has 1 N–H and O–H groups in total. The molecule has 6 nitrogen and oxygen atoms in total. The van der Waals surface area contributed by atoms with E-state index in [0.717, 1.165) is 57.2 Å². The Morgan fingerprint density at radius 1 is 0.893 bits per heavy atom. The zero-order valence-corrected chi connectivity index (χ0v) is 16.4. The molecule has 0 saturated carbocycles. The van der Waals surface area contributed by atoms with Crippen molar-refractivity contribution in [2.45, 2.75) is 25.8 Å². The number of rotatable bonds is 4. The van der Waals surface area contributed by atoms with Crippen LogP contribution in [0.15, 0.2) is 48.7 Å². The number of pyridine rings is 1. The summed E-state index contributed by atoms with van der Waals surface area (Å²) < 4.78 is 0. The fraction of sp³-hybridized carbons (Fsp3) is 0.455. The molecule has 2 saturated heterocycles. The first-order valence-corrected chi connectivity index (χ1v) is 10.3. The van der Waals surface area contributed by atoms with Crippen LogP contribution in [0.3, 0.4) is 0 Å². The molecule has 1 aromatic carbocycles. The van der Waals surface area contributed by atoms with Crippen LogP contribution in [0, 0.1) is 0 Å². The van der Waals surface area contributed by atoms with Gasteiger partial charge in [-0.1, -0.05) is 6.07 Å². The minimum atomic E-state index is -0.0109. The Balaban J connectivity index is 1.25. The van der Waals surface area contributed by atoms with Crippen molar-refractivity contribution in [1.82, 2.24) is 14.8 Å². The monoisotopic (exact) mass is 379 g/mol. The van der Waals surface area contributed by atoms with Crippen molar-refractivity contribution in [3.8, 4) is 0 Å². The summed E-state index contributed by atoms with van der Waals surface area (Å²) in [5.74, 6) is 0. The molecule has 6 heteroatoms. The Kier molecular flexibility index (Phi) is 6.07. The van der Waals surface area contributed by atoms with Crippen LogP contribution in [0.2, 0.25) is 0 Å². The van der Waals surface area contributed by atoms with Crippen molar-refractivity contribution in [1.29, 1.82) is 0 Å². The number of hydrogen-bond acceptors (Lipinski definition) is 4. The van der Waals surface area contributed by atoms with Crippen molar-refractivity contribution in [3.05, 3.63) is 54.4 Å². The molecule has 148 valence electrons. The number of nitrogens with zero attached hydrogens (tertiary/aromatic N) is 4. The molecule has 0 unspecified atom stereocenters. The number of piperazine rings is 1. The Labute approximate surface area is 167 Å². The van der Waals surface area contributed by atoms with Crippen molar-refractivity contribution >= 4 is 17.4 Å². The SMILES string of the molecule is O=C(Nc1ccc(N2CCCCC2)cc1)N1CCN(Cc2ccccn2)CC1. The molecule has 0 spiro atoms. The number of benzene rings is 1. The van der Waals surface area contributed by atoms with E-state index in [1.165, 1.54) is 24.9 Å². The van der Waals surface area contributed by atoms with Crippen LogP contribution >= 0.6 is 0 Å². The molecule has 3 heterocycles. The topological polar surface area (TPSA) is 51.7 Å². The molecule has 2 amide bonds. The average Bonchev–Trinajstić information content (AvgIpc) is 2.76. The van der Waals surface area contributed by atoms with E-state index in [1.54, 1.807) is 0 Å². The lowest BCUT2D eigenvalue weighted by Crippen LogP contribution is -2.49. The maximum Gasteiger partial charge on any atom is 0.321 e. The summed E-state index contributed by atoms with van der Waals surface area (Å²) in [5.41, 5.74) is 3.19. The smallest absolute Gasteiger partial charge is 0.321 e. The van der Waals surface area contributed by atoms with Gasteiger partial charge in [0, 0.05) is 63.4 Å². The number of amides is 2. The summed E-state index contributed by atoms with van der Waals surface area (Å²) in [4.78, 5) is 23.6. The van der Waals surface area contributed by atoms with Gasteiger partial charge in [0.2, 0.25) is 0 Å². The van der Waals surface area contributed by atoms with E-state index in [1.807, 2.05) is 41.4 Å². The molecule has 2 aromatic rings. The maximum absolute atomic E-state index is 12.6. The van der Waals surface area contributed by atoms with Gasteiger partial charge < -0.3 is 15.1 Å². The molecule has 2 aliphatic rings. The quantitative estimate of drug-likeness (QED) is 0.884. The molecule has 0 aliphatic carbocycles. The van der Waals surface area contributed by atoms with E-state index in [-0.39, 0.29) is 6.03 Å². The molecule has 2 aliphatic heterocycles. The van der Waals surface area contributed by atoms with E-state index < -0.39 is 0 Å². The van der Waals surface area contributed by atoms with Crippen LogP contribution in [0.25, 0.3) is 0 Å². The zero-order valence-electron chi connectivity index (χ0n) is 16.4. The van der Waals surface area contributed by atoms with Crippen LogP contribution in [0.4, 0.5) is 16.2 Å². The maximum atomic E-state index is 12.6. The van der Waals surface area contributed by atoms with Gasteiger partial charge in [-0.15, -0.1) is 0 Å². The Bertz CT molecular complexity index is 750. The number of hydrogen-bond donors (Lipinski definition) is 1.